The van der Waals surface area contributed by atoms with Gasteiger partial charge in [0.25, 0.3) is 0 Å². The van der Waals surface area contributed by atoms with Crippen LogP contribution in [0, 0.1) is 0 Å². The van der Waals surface area contributed by atoms with Gasteiger partial charge in [-0.15, -0.1) is 0 Å². The molecule has 1 heterocycles. The number of Topliss-reactive ketones (excluding diaryl/α,β-unsaturated/α-hetero) is 1. The minimum atomic E-state index is 0.0635. The lowest BCUT2D eigenvalue weighted by Gasteiger charge is -2.27. The van der Waals surface area contributed by atoms with E-state index in [9.17, 15) is 9.59 Å². The fourth-order valence-electron chi connectivity index (χ4n) is 2.87. The summed E-state index contributed by atoms with van der Waals surface area (Å²) >= 11 is 0. The van der Waals surface area contributed by atoms with Crippen LogP contribution in [0.15, 0.2) is 24.3 Å². The van der Waals surface area contributed by atoms with Gasteiger partial charge in [-0.2, -0.15) is 0 Å². The molecule has 1 amide bonds. The Morgan fingerprint density at radius 1 is 1.04 bits per heavy atom. The maximum Gasteiger partial charge on any atom is 0.223 e. The first-order valence-electron chi connectivity index (χ1n) is 8.81. The van der Waals surface area contributed by atoms with E-state index in [2.05, 4.69) is 12.2 Å². The number of ketones is 1. The number of amides is 1. The van der Waals surface area contributed by atoms with Gasteiger partial charge in [-0.1, -0.05) is 44.0 Å². The monoisotopic (exact) mass is 316 g/mol. The predicted molar refractivity (Wildman–Crippen MR) is 92.7 cm³/mol. The molecule has 1 aliphatic heterocycles. The summed E-state index contributed by atoms with van der Waals surface area (Å²) in [4.78, 5) is 26.1. The molecule has 1 aliphatic rings. The summed E-state index contributed by atoms with van der Waals surface area (Å²) in [6, 6.07) is 7.89. The third-order valence-corrected chi connectivity index (χ3v) is 4.38. The number of hydrogen-bond donors (Lipinski definition) is 1. The second-order valence-corrected chi connectivity index (χ2v) is 6.21. The maximum atomic E-state index is 12.2. The van der Waals surface area contributed by atoms with Crippen LogP contribution in [0.3, 0.4) is 0 Å². The number of rotatable bonds is 8. The number of unbranched alkanes of at least 4 members (excludes halogenated alkanes) is 2. The Kier molecular flexibility index (Phi) is 7.27. The van der Waals surface area contributed by atoms with E-state index in [1.165, 1.54) is 24.8 Å². The molecule has 1 aromatic rings. The molecule has 0 unspecified atom stereocenters. The van der Waals surface area contributed by atoms with Gasteiger partial charge in [0, 0.05) is 44.6 Å². The molecule has 1 fully saturated rings. The number of carbonyl (C=O) groups excluding carboxylic acids is 2. The molecule has 4 nitrogen and oxygen atoms in total. The fourth-order valence-corrected chi connectivity index (χ4v) is 2.87. The van der Waals surface area contributed by atoms with Crippen molar-refractivity contribution in [2.45, 2.75) is 45.4 Å². The van der Waals surface area contributed by atoms with Gasteiger partial charge >= 0.3 is 0 Å². The molecule has 23 heavy (non-hydrogen) atoms. The van der Waals surface area contributed by atoms with Gasteiger partial charge < -0.3 is 10.2 Å². The highest BCUT2D eigenvalue weighted by atomic mass is 16.2. The van der Waals surface area contributed by atoms with Crippen molar-refractivity contribution in [3.8, 4) is 0 Å². The zero-order valence-corrected chi connectivity index (χ0v) is 14.1. The molecule has 0 saturated carbocycles. The number of carbonyl (C=O) groups is 2. The molecule has 0 aromatic heterocycles. The third kappa shape index (κ3) is 5.79. The first-order valence-corrected chi connectivity index (χ1v) is 8.81. The van der Waals surface area contributed by atoms with Crippen molar-refractivity contribution < 1.29 is 9.59 Å². The quantitative estimate of drug-likeness (QED) is 0.593. The highest BCUT2D eigenvalue weighted by Gasteiger charge is 2.17. The molecule has 0 radical (unpaired) electrons. The smallest absolute Gasteiger partial charge is 0.223 e. The van der Waals surface area contributed by atoms with Crippen molar-refractivity contribution in [1.29, 1.82) is 0 Å². The Balaban J connectivity index is 1.77. The summed E-state index contributed by atoms with van der Waals surface area (Å²) in [7, 11) is 0. The van der Waals surface area contributed by atoms with Crippen molar-refractivity contribution in [3.05, 3.63) is 35.4 Å². The van der Waals surface area contributed by atoms with Crippen LogP contribution >= 0.6 is 0 Å². The van der Waals surface area contributed by atoms with Gasteiger partial charge in [0.2, 0.25) is 5.91 Å². The van der Waals surface area contributed by atoms with Crippen molar-refractivity contribution in [3.63, 3.8) is 0 Å². The summed E-state index contributed by atoms with van der Waals surface area (Å²) in [6.45, 7) is 5.39. The second-order valence-electron chi connectivity index (χ2n) is 6.21. The van der Waals surface area contributed by atoms with Gasteiger partial charge in [0.15, 0.2) is 5.78 Å². The fraction of sp³-hybridized carbons (Fsp3) is 0.579. The van der Waals surface area contributed by atoms with Gasteiger partial charge in [0.05, 0.1) is 0 Å². The topological polar surface area (TPSA) is 49.4 Å². The Hall–Kier alpha value is -1.68. The summed E-state index contributed by atoms with van der Waals surface area (Å²) in [6.07, 6.45) is 5.36. The van der Waals surface area contributed by atoms with E-state index in [0.717, 1.165) is 38.2 Å². The Bertz CT molecular complexity index is 505. The first kappa shape index (κ1) is 17.7. The molecular weight excluding hydrogens is 288 g/mol. The zero-order chi connectivity index (χ0) is 16.5. The van der Waals surface area contributed by atoms with Crippen LogP contribution in [0.2, 0.25) is 0 Å². The zero-order valence-electron chi connectivity index (χ0n) is 14.1. The Morgan fingerprint density at radius 3 is 2.39 bits per heavy atom. The lowest BCUT2D eigenvalue weighted by atomic mass is 10.0. The first-order chi connectivity index (χ1) is 11.2. The number of nitrogens with zero attached hydrogens (tertiary/aromatic N) is 1. The predicted octanol–water partition coefficient (Wildman–Crippen LogP) is 2.81. The van der Waals surface area contributed by atoms with E-state index < -0.39 is 0 Å². The van der Waals surface area contributed by atoms with Crippen LogP contribution in [0.5, 0.6) is 0 Å². The normalized spacial score (nSPS) is 14.7. The summed E-state index contributed by atoms with van der Waals surface area (Å²) in [5.74, 6) is 0.157. The number of piperazine rings is 1. The summed E-state index contributed by atoms with van der Waals surface area (Å²) < 4.78 is 0. The van der Waals surface area contributed by atoms with E-state index >= 15 is 0 Å². The molecule has 4 heteroatoms. The number of nitrogens with one attached hydrogen (secondary N) is 1. The molecule has 1 N–H and O–H groups in total. The highest BCUT2D eigenvalue weighted by molar-refractivity contribution is 5.98. The standard InChI is InChI=1S/C19H28N2O2/c1-2-3-4-5-16-6-8-17(9-7-16)18(22)10-11-19(23)21-14-12-20-13-15-21/h6-9,20H,2-5,10-15H2,1H3. The van der Waals surface area contributed by atoms with Gasteiger partial charge in [-0.25, -0.2) is 0 Å². The minimum absolute atomic E-state index is 0.0635. The summed E-state index contributed by atoms with van der Waals surface area (Å²) in [5, 5.41) is 3.22. The van der Waals surface area contributed by atoms with Crippen molar-refractivity contribution in [2.75, 3.05) is 26.2 Å². The maximum absolute atomic E-state index is 12.2. The van der Waals surface area contributed by atoms with Crippen LogP contribution in [0.25, 0.3) is 0 Å². The molecule has 2 rings (SSSR count). The Labute approximate surface area is 139 Å². The van der Waals surface area contributed by atoms with Crippen molar-refractivity contribution >= 4 is 11.7 Å². The molecule has 0 aliphatic carbocycles. The number of benzene rings is 1. The minimum Gasteiger partial charge on any atom is -0.340 e. The van der Waals surface area contributed by atoms with Crippen molar-refractivity contribution in [2.24, 2.45) is 0 Å². The SMILES string of the molecule is CCCCCc1ccc(C(=O)CCC(=O)N2CCNCC2)cc1. The van der Waals surface area contributed by atoms with E-state index in [1.54, 1.807) is 0 Å². The van der Waals surface area contributed by atoms with E-state index in [4.69, 9.17) is 0 Å². The average Bonchev–Trinajstić information content (AvgIpc) is 2.61. The number of hydrogen-bond acceptors (Lipinski definition) is 3. The molecular formula is C19H28N2O2. The van der Waals surface area contributed by atoms with Gasteiger partial charge in [0.1, 0.15) is 0 Å². The van der Waals surface area contributed by atoms with E-state index in [0.29, 0.717) is 12.8 Å². The van der Waals surface area contributed by atoms with Crippen LogP contribution < -0.4 is 5.32 Å². The highest BCUT2D eigenvalue weighted by Crippen LogP contribution is 2.12. The number of aryl methyl sites for hydroxylation is 1. The van der Waals surface area contributed by atoms with Crippen LogP contribution in [-0.2, 0) is 11.2 Å². The van der Waals surface area contributed by atoms with Gasteiger partial charge in [-0.3, -0.25) is 9.59 Å². The Morgan fingerprint density at radius 2 is 1.74 bits per heavy atom. The molecule has 0 bridgehead atoms. The van der Waals surface area contributed by atoms with E-state index in [-0.39, 0.29) is 11.7 Å². The third-order valence-electron chi connectivity index (χ3n) is 4.38. The van der Waals surface area contributed by atoms with Crippen LogP contribution in [-0.4, -0.2) is 42.8 Å². The lowest BCUT2D eigenvalue weighted by molar-refractivity contribution is -0.131. The van der Waals surface area contributed by atoms with Gasteiger partial charge in [-0.05, 0) is 18.4 Å². The average molecular weight is 316 g/mol. The van der Waals surface area contributed by atoms with E-state index in [1.807, 2.05) is 29.2 Å². The molecule has 126 valence electrons. The second kappa shape index (κ2) is 9.46. The molecule has 1 aromatic carbocycles. The van der Waals surface area contributed by atoms with Crippen LogP contribution in [0.4, 0.5) is 0 Å². The molecule has 1 saturated heterocycles. The molecule has 0 atom stereocenters. The van der Waals surface area contributed by atoms with Crippen LogP contribution in [0.1, 0.15) is 54.9 Å². The van der Waals surface area contributed by atoms with Crippen molar-refractivity contribution in [1.82, 2.24) is 10.2 Å². The molecule has 0 spiro atoms. The largest absolute Gasteiger partial charge is 0.340 e. The summed E-state index contributed by atoms with van der Waals surface area (Å²) in [5.41, 5.74) is 2.00. The lowest BCUT2D eigenvalue weighted by Crippen LogP contribution is -2.46.